The summed E-state index contributed by atoms with van der Waals surface area (Å²) in [5.74, 6) is 0.441. The Morgan fingerprint density at radius 1 is 1.50 bits per heavy atom. The molecule has 4 nitrogen and oxygen atoms in total. The summed E-state index contributed by atoms with van der Waals surface area (Å²) in [6.45, 7) is 8.21. The van der Waals surface area contributed by atoms with Gasteiger partial charge in [0.15, 0.2) is 0 Å². The molecule has 0 spiro atoms. The van der Waals surface area contributed by atoms with Crippen molar-refractivity contribution < 1.29 is 4.79 Å². The van der Waals surface area contributed by atoms with Crippen molar-refractivity contribution in [1.29, 1.82) is 0 Å². The monoisotopic (exact) mass is 245 g/mol. The first-order valence-electron chi connectivity index (χ1n) is 6.31. The van der Waals surface area contributed by atoms with Gasteiger partial charge in [-0.1, -0.05) is 20.8 Å². The average Bonchev–Trinajstić information content (AvgIpc) is 2.73. The predicted octanol–water partition coefficient (Wildman–Crippen LogP) is 3.34. The van der Waals surface area contributed by atoms with Crippen LogP contribution in [0.3, 0.4) is 0 Å². The fourth-order valence-electron chi connectivity index (χ4n) is 2.19. The van der Waals surface area contributed by atoms with Crippen molar-refractivity contribution >= 4 is 22.6 Å². The Bertz CT molecular complexity index is 584. The number of rotatable bonds is 3. The molecule has 18 heavy (non-hydrogen) atoms. The zero-order valence-corrected chi connectivity index (χ0v) is 11.3. The summed E-state index contributed by atoms with van der Waals surface area (Å²) >= 11 is 0. The number of hydrogen-bond acceptors (Lipinski definition) is 2. The van der Waals surface area contributed by atoms with Crippen molar-refractivity contribution in [2.75, 3.05) is 5.32 Å². The van der Waals surface area contributed by atoms with E-state index in [4.69, 9.17) is 0 Å². The second kappa shape index (κ2) is 4.80. The number of anilines is 1. The Morgan fingerprint density at radius 3 is 2.83 bits per heavy atom. The smallest absolute Gasteiger partial charge is 0.224 e. The summed E-state index contributed by atoms with van der Waals surface area (Å²) in [7, 11) is 0. The van der Waals surface area contributed by atoms with Gasteiger partial charge in [0.2, 0.25) is 5.91 Å². The minimum Gasteiger partial charge on any atom is -0.344 e. The normalized spacial score (nSPS) is 11.2. The van der Waals surface area contributed by atoms with E-state index in [1.165, 1.54) is 11.1 Å². The molecular formula is C14H19N3O. The number of pyridine rings is 1. The van der Waals surface area contributed by atoms with Crippen LogP contribution in [-0.4, -0.2) is 15.9 Å². The lowest BCUT2D eigenvalue weighted by molar-refractivity contribution is -0.115. The zero-order chi connectivity index (χ0) is 13.3. The summed E-state index contributed by atoms with van der Waals surface area (Å²) in [6.07, 6.45) is 4.19. The number of carbonyl (C=O) groups is 1. The van der Waals surface area contributed by atoms with E-state index < -0.39 is 0 Å². The zero-order valence-electron chi connectivity index (χ0n) is 11.3. The van der Waals surface area contributed by atoms with E-state index in [-0.39, 0.29) is 5.91 Å². The third-order valence-electron chi connectivity index (χ3n) is 3.22. The third kappa shape index (κ3) is 2.10. The Kier molecular flexibility index (Phi) is 3.36. The number of carbonyl (C=O) groups excluding carboxylic acids is 1. The first-order chi connectivity index (χ1) is 8.54. The van der Waals surface area contributed by atoms with Crippen molar-refractivity contribution in [3.05, 3.63) is 23.5 Å². The fourth-order valence-corrected chi connectivity index (χ4v) is 2.19. The van der Waals surface area contributed by atoms with E-state index in [2.05, 4.69) is 36.1 Å². The minimum atomic E-state index is 0.0188. The summed E-state index contributed by atoms with van der Waals surface area (Å²) in [4.78, 5) is 19.0. The standard InChI is InChI=1S/C14H19N3O/c1-5-12(18)17-11-7-16-14-13(11)9(4)10(6-15-14)8(2)3/h6-8H,5H2,1-4H3,(H,15,16)(H,17,18). The van der Waals surface area contributed by atoms with Crippen molar-refractivity contribution in [3.63, 3.8) is 0 Å². The molecule has 0 aliphatic carbocycles. The highest BCUT2D eigenvalue weighted by atomic mass is 16.1. The van der Waals surface area contributed by atoms with Crippen molar-refractivity contribution in [2.24, 2.45) is 0 Å². The molecule has 2 aromatic rings. The molecular weight excluding hydrogens is 226 g/mol. The summed E-state index contributed by atoms with van der Waals surface area (Å²) in [5, 5.41) is 3.93. The first kappa shape index (κ1) is 12.6. The molecule has 96 valence electrons. The van der Waals surface area contributed by atoms with Crippen LogP contribution in [0.1, 0.15) is 44.2 Å². The van der Waals surface area contributed by atoms with E-state index in [1.54, 1.807) is 0 Å². The van der Waals surface area contributed by atoms with Crippen molar-refractivity contribution in [1.82, 2.24) is 9.97 Å². The van der Waals surface area contributed by atoms with Crippen LogP contribution in [0.15, 0.2) is 12.4 Å². The van der Waals surface area contributed by atoms with Crippen LogP contribution < -0.4 is 5.32 Å². The maximum atomic E-state index is 11.5. The van der Waals surface area contributed by atoms with Gasteiger partial charge in [-0.2, -0.15) is 0 Å². The summed E-state index contributed by atoms with van der Waals surface area (Å²) < 4.78 is 0. The largest absolute Gasteiger partial charge is 0.344 e. The van der Waals surface area contributed by atoms with E-state index >= 15 is 0 Å². The lowest BCUT2D eigenvalue weighted by atomic mass is 9.98. The maximum Gasteiger partial charge on any atom is 0.224 e. The maximum absolute atomic E-state index is 11.5. The van der Waals surface area contributed by atoms with Gasteiger partial charge >= 0.3 is 0 Å². The van der Waals surface area contributed by atoms with Gasteiger partial charge in [0, 0.05) is 24.2 Å². The molecule has 0 aliphatic rings. The molecule has 2 aromatic heterocycles. The molecule has 0 radical (unpaired) electrons. The number of hydrogen-bond donors (Lipinski definition) is 2. The highest BCUT2D eigenvalue weighted by Crippen LogP contribution is 2.30. The molecule has 2 N–H and O–H groups in total. The van der Waals surface area contributed by atoms with Crippen LogP contribution in [0.4, 0.5) is 5.69 Å². The van der Waals surface area contributed by atoms with Gasteiger partial charge in [0.25, 0.3) is 0 Å². The van der Waals surface area contributed by atoms with Crippen LogP contribution in [0.5, 0.6) is 0 Å². The molecule has 0 unspecified atom stereocenters. The van der Waals surface area contributed by atoms with Crippen LogP contribution in [0.25, 0.3) is 11.0 Å². The number of fused-ring (bicyclic) bond motifs is 1. The molecule has 0 bridgehead atoms. The Balaban J connectivity index is 2.55. The van der Waals surface area contributed by atoms with Gasteiger partial charge < -0.3 is 10.3 Å². The molecule has 1 amide bonds. The van der Waals surface area contributed by atoms with Crippen LogP contribution in [0, 0.1) is 6.92 Å². The van der Waals surface area contributed by atoms with Gasteiger partial charge in [0.05, 0.1) is 5.69 Å². The van der Waals surface area contributed by atoms with Gasteiger partial charge in [-0.25, -0.2) is 4.98 Å². The average molecular weight is 245 g/mol. The number of H-pyrrole nitrogens is 1. The first-order valence-corrected chi connectivity index (χ1v) is 6.31. The van der Waals surface area contributed by atoms with E-state index in [9.17, 15) is 4.79 Å². The number of nitrogens with one attached hydrogen (secondary N) is 2. The number of amides is 1. The molecule has 0 saturated carbocycles. The van der Waals surface area contributed by atoms with Crippen LogP contribution >= 0.6 is 0 Å². The molecule has 0 fully saturated rings. The van der Waals surface area contributed by atoms with E-state index in [1.807, 2.05) is 19.3 Å². The third-order valence-corrected chi connectivity index (χ3v) is 3.22. The highest BCUT2D eigenvalue weighted by Gasteiger charge is 2.13. The number of aryl methyl sites for hydroxylation is 1. The van der Waals surface area contributed by atoms with E-state index in [0.29, 0.717) is 12.3 Å². The number of aromatic nitrogens is 2. The molecule has 0 saturated heterocycles. The molecule has 0 atom stereocenters. The van der Waals surface area contributed by atoms with Crippen LogP contribution in [0.2, 0.25) is 0 Å². The fraction of sp³-hybridized carbons (Fsp3) is 0.429. The molecule has 4 heteroatoms. The number of aromatic amines is 1. The van der Waals surface area contributed by atoms with Gasteiger partial charge in [-0.05, 0) is 24.0 Å². The lowest BCUT2D eigenvalue weighted by Crippen LogP contribution is -2.09. The molecule has 0 aromatic carbocycles. The van der Waals surface area contributed by atoms with Gasteiger partial charge in [-0.15, -0.1) is 0 Å². The van der Waals surface area contributed by atoms with Crippen molar-refractivity contribution in [2.45, 2.75) is 40.0 Å². The molecule has 2 heterocycles. The minimum absolute atomic E-state index is 0.0188. The lowest BCUT2D eigenvalue weighted by Gasteiger charge is -2.11. The topological polar surface area (TPSA) is 57.8 Å². The molecule has 0 aliphatic heterocycles. The van der Waals surface area contributed by atoms with Crippen LogP contribution in [-0.2, 0) is 4.79 Å². The summed E-state index contributed by atoms with van der Waals surface area (Å²) in [6, 6.07) is 0. The van der Waals surface area contributed by atoms with E-state index in [0.717, 1.165) is 16.7 Å². The molecule has 2 rings (SSSR count). The SMILES string of the molecule is CCC(=O)Nc1c[nH]c2ncc(C(C)C)c(C)c12. The Hall–Kier alpha value is -1.84. The number of nitrogens with zero attached hydrogens (tertiary/aromatic N) is 1. The Morgan fingerprint density at radius 2 is 2.22 bits per heavy atom. The predicted molar refractivity (Wildman–Crippen MR) is 73.8 cm³/mol. The van der Waals surface area contributed by atoms with Gasteiger partial charge in [0.1, 0.15) is 5.65 Å². The quantitative estimate of drug-likeness (QED) is 0.871. The Labute approximate surface area is 107 Å². The second-order valence-electron chi connectivity index (χ2n) is 4.82. The summed E-state index contributed by atoms with van der Waals surface area (Å²) in [5.41, 5.74) is 4.05. The van der Waals surface area contributed by atoms with Crippen molar-refractivity contribution in [3.8, 4) is 0 Å². The highest BCUT2D eigenvalue weighted by molar-refractivity contribution is 6.02. The van der Waals surface area contributed by atoms with Gasteiger partial charge in [-0.3, -0.25) is 4.79 Å². The second-order valence-corrected chi connectivity index (χ2v) is 4.82.